The van der Waals surface area contributed by atoms with E-state index in [9.17, 15) is 9.18 Å². The zero-order valence-electron chi connectivity index (χ0n) is 14.8. The molecule has 3 N–H and O–H groups in total. The molecule has 0 spiro atoms. The van der Waals surface area contributed by atoms with Gasteiger partial charge in [0.05, 0.1) is 11.8 Å². The van der Waals surface area contributed by atoms with Gasteiger partial charge in [0.2, 0.25) is 0 Å². The molecule has 1 aliphatic carbocycles. The van der Waals surface area contributed by atoms with Gasteiger partial charge in [-0.05, 0) is 43.4 Å². The topological polar surface area (TPSA) is 77.2 Å². The number of rotatable bonds is 6. The van der Waals surface area contributed by atoms with Crippen LogP contribution in [-0.4, -0.2) is 29.6 Å². The molecule has 0 unspecified atom stereocenters. The number of anilines is 1. The number of nitrogens with one attached hydrogen (secondary N) is 1. The summed E-state index contributed by atoms with van der Waals surface area (Å²) in [7, 11) is 0. The van der Waals surface area contributed by atoms with Crippen LogP contribution in [0.4, 0.5) is 9.52 Å². The second kappa shape index (κ2) is 8.65. The number of carbonyl (C=O) groups is 1. The highest BCUT2D eigenvalue weighted by Gasteiger charge is 2.32. The maximum absolute atomic E-state index is 13.1. The number of thiazole rings is 1. The van der Waals surface area contributed by atoms with Crippen LogP contribution in [-0.2, 0) is 16.0 Å². The summed E-state index contributed by atoms with van der Waals surface area (Å²) in [5.41, 5.74) is 7.72. The Kier molecular flexibility index (Phi) is 6.47. The van der Waals surface area contributed by atoms with Gasteiger partial charge in [0.25, 0.3) is 5.91 Å². The Morgan fingerprint density at radius 1 is 1.26 bits per heavy atom. The van der Waals surface area contributed by atoms with Gasteiger partial charge in [-0.3, -0.25) is 10.1 Å². The van der Waals surface area contributed by atoms with Crippen molar-refractivity contribution in [1.29, 1.82) is 0 Å². The van der Waals surface area contributed by atoms with Gasteiger partial charge < -0.3 is 10.5 Å². The maximum atomic E-state index is 13.1. The first-order valence-electron chi connectivity index (χ1n) is 9.03. The molecule has 5 nitrogen and oxygen atoms in total. The Balaban J connectivity index is 0.00000210. The van der Waals surface area contributed by atoms with Gasteiger partial charge in [-0.15, -0.1) is 23.7 Å². The molecule has 1 amide bonds. The lowest BCUT2D eigenvalue weighted by molar-refractivity contribution is -0.126. The van der Waals surface area contributed by atoms with E-state index in [2.05, 4.69) is 10.3 Å². The summed E-state index contributed by atoms with van der Waals surface area (Å²) in [5, 5.41) is 3.53. The molecule has 27 heavy (non-hydrogen) atoms. The van der Waals surface area contributed by atoms with E-state index in [0.29, 0.717) is 30.4 Å². The number of nitrogens with zero attached hydrogens (tertiary/aromatic N) is 1. The van der Waals surface area contributed by atoms with E-state index in [0.717, 1.165) is 35.4 Å². The molecule has 1 aromatic heterocycles. The minimum absolute atomic E-state index is 0. The normalized spacial score (nSPS) is 21.7. The van der Waals surface area contributed by atoms with E-state index in [1.54, 1.807) is 12.1 Å². The number of benzene rings is 1. The number of ether oxygens (including phenoxy) is 1. The van der Waals surface area contributed by atoms with Crippen molar-refractivity contribution in [2.45, 2.75) is 50.2 Å². The third-order valence-corrected chi connectivity index (χ3v) is 5.85. The predicted molar refractivity (Wildman–Crippen MR) is 106 cm³/mol. The summed E-state index contributed by atoms with van der Waals surface area (Å²) in [4.78, 5) is 18.2. The molecule has 1 saturated carbocycles. The van der Waals surface area contributed by atoms with Gasteiger partial charge >= 0.3 is 0 Å². The summed E-state index contributed by atoms with van der Waals surface area (Å²) in [6.07, 6.45) is 4.01. The van der Waals surface area contributed by atoms with Crippen LogP contribution < -0.4 is 11.1 Å². The number of hydrogen-bond donors (Lipinski definition) is 2. The van der Waals surface area contributed by atoms with E-state index in [1.807, 2.05) is 0 Å². The van der Waals surface area contributed by atoms with Crippen molar-refractivity contribution >= 4 is 34.8 Å². The van der Waals surface area contributed by atoms with Crippen LogP contribution in [0.25, 0.3) is 0 Å². The number of carbonyl (C=O) groups excluding carboxylic acids is 1. The lowest BCUT2D eigenvalue weighted by atomic mass is 10.1. The molecular weight excluding hydrogens is 389 g/mol. The van der Waals surface area contributed by atoms with Crippen LogP contribution in [0.1, 0.15) is 47.7 Å². The van der Waals surface area contributed by atoms with Gasteiger partial charge in [-0.25, -0.2) is 9.37 Å². The molecule has 2 atom stereocenters. The molecule has 1 aromatic carbocycles. The molecule has 2 aliphatic rings. The highest BCUT2D eigenvalue weighted by atomic mass is 35.5. The van der Waals surface area contributed by atoms with Crippen LogP contribution in [0.2, 0.25) is 0 Å². The Morgan fingerprint density at radius 2 is 2.00 bits per heavy atom. The van der Waals surface area contributed by atoms with E-state index < -0.39 is 6.10 Å². The third-order valence-electron chi connectivity index (χ3n) is 4.86. The Bertz CT molecular complexity index is 795. The van der Waals surface area contributed by atoms with E-state index >= 15 is 0 Å². The van der Waals surface area contributed by atoms with E-state index in [4.69, 9.17) is 10.5 Å². The molecule has 8 heteroatoms. The molecule has 1 saturated heterocycles. The second-order valence-electron chi connectivity index (χ2n) is 6.95. The molecule has 1 aliphatic heterocycles. The van der Waals surface area contributed by atoms with Crippen LogP contribution >= 0.6 is 23.7 Å². The molecule has 146 valence electrons. The zero-order valence-corrected chi connectivity index (χ0v) is 16.5. The summed E-state index contributed by atoms with van der Waals surface area (Å²) < 4.78 is 18.8. The number of hydrogen-bond acceptors (Lipinski definition) is 5. The average Bonchev–Trinajstić information content (AvgIpc) is 3.23. The van der Waals surface area contributed by atoms with Gasteiger partial charge in [0, 0.05) is 23.8 Å². The first-order chi connectivity index (χ1) is 12.6. The highest BCUT2D eigenvalue weighted by Crippen LogP contribution is 2.44. The minimum atomic E-state index is -0.447. The Labute approximate surface area is 167 Å². The Morgan fingerprint density at radius 3 is 2.63 bits per heavy atom. The number of aromatic nitrogens is 1. The van der Waals surface area contributed by atoms with Gasteiger partial charge in [0.15, 0.2) is 5.13 Å². The highest BCUT2D eigenvalue weighted by molar-refractivity contribution is 7.15. The minimum Gasteiger partial charge on any atom is -0.364 e. The van der Waals surface area contributed by atoms with Crippen molar-refractivity contribution in [1.82, 2.24) is 4.98 Å². The first-order valence-corrected chi connectivity index (χ1v) is 9.84. The molecule has 4 rings (SSSR count). The zero-order chi connectivity index (χ0) is 18.1. The standard InChI is InChI=1S/C19H22FN3O2S.ClH/c20-13-5-1-11(2-6-13)9-16-17(12-3-4-12)22-19(26-16)23-18(24)15-8-7-14(10-21)25-15;/h1-2,5-6,12,14-15H,3-4,7-10,21H2,(H,22,23,24);1H/t14-,15+;/m1./s1. The number of amides is 1. The Hall–Kier alpha value is -1.54. The van der Waals surface area contributed by atoms with Crippen molar-refractivity contribution in [3.63, 3.8) is 0 Å². The summed E-state index contributed by atoms with van der Waals surface area (Å²) in [6, 6.07) is 6.54. The van der Waals surface area contributed by atoms with Crippen LogP contribution in [0, 0.1) is 5.82 Å². The van der Waals surface area contributed by atoms with Gasteiger partial charge in [0.1, 0.15) is 11.9 Å². The SMILES string of the molecule is Cl.NC[C@H]1CC[C@@H](C(=O)Nc2nc(C3CC3)c(Cc3ccc(F)cc3)s2)O1. The lowest BCUT2D eigenvalue weighted by Crippen LogP contribution is -2.29. The molecule has 0 radical (unpaired) electrons. The van der Waals surface area contributed by atoms with Gasteiger partial charge in [-0.1, -0.05) is 12.1 Å². The summed E-state index contributed by atoms with van der Waals surface area (Å²) in [5.74, 6) is 0.0999. The van der Waals surface area contributed by atoms with Crippen molar-refractivity contribution in [3.05, 3.63) is 46.2 Å². The number of nitrogens with two attached hydrogens (primary N) is 1. The first kappa shape index (κ1) is 20.2. The molecule has 2 heterocycles. The quantitative estimate of drug-likeness (QED) is 0.761. The van der Waals surface area contributed by atoms with Crippen molar-refractivity contribution in [2.24, 2.45) is 5.73 Å². The van der Waals surface area contributed by atoms with E-state index in [1.165, 1.54) is 23.5 Å². The monoisotopic (exact) mass is 411 g/mol. The predicted octanol–water partition coefficient (Wildman–Crippen LogP) is 3.62. The fourth-order valence-corrected chi connectivity index (χ4v) is 4.35. The average molecular weight is 412 g/mol. The maximum Gasteiger partial charge on any atom is 0.255 e. The van der Waals surface area contributed by atoms with E-state index in [-0.39, 0.29) is 30.2 Å². The van der Waals surface area contributed by atoms with Gasteiger partial charge in [-0.2, -0.15) is 0 Å². The third kappa shape index (κ3) is 4.85. The van der Waals surface area contributed by atoms with Crippen molar-refractivity contribution < 1.29 is 13.9 Å². The number of halogens is 2. The van der Waals surface area contributed by atoms with Crippen molar-refractivity contribution in [3.8, 4) is 0 Å². The fourth-order valence-electron chi connectivity index (χ4n) is 3.26. The summed E-state index contributed by atoms with van der Waals surface area (Å²) in [6.45, 7) is 0.439. The second-order valence-corrected chi connectivity index (χ2v) is 8.04. The molecular formula is C19H23ClFN3O2S. The molecule has 0 bridgehead atoms. The van der Waals surface area contributed by atoms with Crippen LogP contribution in [0.3, 0.4) is 0 Å². The molecule has 2 aromatic rings. The smallest absolute Gasteiger partial charge is 0.255 e. The van der Waals surface area contributed by atoms with Crippen molar-refractivity contribution in [2.75, 3.05) is 11.9 Å². The lowest BCUT2D eigenvalue weighted by Gasteiger charge is -2.11. The fraction of sp³-hybridized carbons (Fsp3) is 0.474. The largest absolute Gasteiger partial charge is 0.364 e. The summed E-state index contributed by atoms with van der Waals surface area (Å²) >= 11 is 1.50. The molecule has 2 fully saturated rings. The van der Waals surface area contributed by atoms with Crippen LogP contribution in [0.5, 0.6) is 0 Å². The van der Waals surface area contributed by atoms with Crippen LogP contribution in [0.15, 0.2) is 24.3 Å².